The van der Waals surface area contributed by atoms with E-state index in [0.29, 0.717) is 5.75 Å². The maximum Gasteiger partial charge on any atom is 0.198 e. The maximum atomic E-state index is 10.9. The highest BCUT2D eigenvalue weighted by Gasteiger charge is 2.08. The van der Waals surface area contributed by atoms with Crippen LogP contribution in [0.15, 0.2) is 12.2 Å². The Morgan fingerprint density at radius 3 is 2.53 bits per heavy atom. The van der Waals surface area contributed by atoms with E-state index in [1.807, 2.05) is 33.7 Å². The average molecular weight is 344 g/mol. The van der Waals surface area contributed by atoms with Crippen molar-refractivity contribution in [2.24, 2.45) is 0 Å². The van der Waals surface area contributed by atoms with Crippen LogP contribution in [0, 0.1) is 0 Å². The molecular weight excluding hydrogens is 322 g/mol. The summed E-state index contributed by atoms with van der Waals surface area (Å²) >= 11 is 0. The molecule has 4 nitrogen and oxygen atoms in total. The molecule has 0 aliphatic carbocycles. The van der Waals surface area contributed by atoms with Gasteiger partial charge in [0.25, 0.3) is 0 Å². The van der Waals surface area contributed by atoms with Crippen molar-refractivity contribution in [3.05, 3.63) is 12.2 Å². The zero-order chi connectivity index (χ0) is 14.0. The molecule has 112 valence electrons. The lowest BCUT2D eigenvalue weighted by Crippen LogP contribution is -2.37. The first-order valence-electron chi connectivity index (χ1n) is 6.12. The van der Waals surface area contributed by atoms with Crippen molar-refractivity contribution in [1.29, 1.82) is 0 Å². The van der Waals surface area contributed by atoms with Gasteiger partial charge in [-0.25, -0.2) is 8.42 Å². The average Bonchev–Trinajstić information content (AvgIpc) is 2.37. The van der Waals surface area contributed by atoms with Gasteiger partial charge in [0.2, 0.25) is 0 Å². The van der Waals surface area contributed by atoms with Gasteiger partial charge in [-0.05, 0) is 10.8 Å². The fourth-order valence-electron chi connectivity index (χ4n) is 1.44. The highest BCUT2D eigenvalue weighted by molar-refractivity contribution is 8.76. The van der Waals surface area contributed by atoms with Gasteiger partial charge in [0.1, 0.15) is 0 Å². The molecule has 1 fully saturated rings. The molecule has 0 aromatic heterocycles. The monoisotopic (exact) mass is 343 g/mol. The molecule has 0 aromatic rings. The molecular formula is C11H21NO3S4. The van der Waals surface area contributed by atoms with Crippen LogP contribution < -0.4 is 0 Å². The minimum Gasteiger partial charge on any atom is -0.379 e. The number of ether oxygens (including phenoxy) is 1. The first-order chi connectivity index (χ1) is 9.08. The zero-order valence-electron chi connectivity index (χ0n) is 11.1. The van der Waals surface area contributed by atoms with Crippen molar-refractivity contribution in [2.75, 3.05) is 56.4 Å². The topological polar surface area (TPSA) is 46.6 Å². The number of morpholine rings is 1. The van der Waals surface area contributed by atoms with Gasteiger partial charge >= 0.3 is 0 Å². The Morgan fingerprint density at radius 2 is 1.84 bits per heavy atom. The van der Waals surface area contributed by atoms with Crippen LogP contribution in [0.2, 0.25) is 0 Å². The van der Waals surface area contributed by atoms with Crippen LogP contribution in [-0.2, 0) is 13.6 Å². The SMILES string of the molecule is CS(=O)(=O)SC/C=C\CSSCCN1CCOCC1. The molecule has 0 N–H and O–H groups in total. The molecule has 1 aliphatic rings. The van der Waals surface area contributed by atoms with Crippen molar-refractivity contribution >= 4 is 41.3 Å². The Kier molecular flexibility index (Phi) is 9.69. The van der Waals surface area contributed by atoms with E-state index in [2.05, 4.69) is 4.90 Å². The van der Waals surface area contributed by atoms with Crippen LogP contribution in [0.3, 0.4) is 0 Å². The van der Waals surface area contributed by atoms with E-state index >= 15 is 0 Å². The Morgan fingerprint density at radius 1 is 1.16 bits per heavy atom. The van der Waals surface area contributed by atoms with E-state index in [1.165, 1.54) is 6.26 Å². The third-order valence-corrected chi connectivity index (χ3v) is 7.09. The molecule has 0 radical (unpaired) electrons. The molecule has 1 rings (SSSR count). The number of rotatable bonds is 9. The Balaban J connectivity index is 1.89. The van der Waals surface area contributed by atoms with Gasteiger partial charge < -0.3 is 4.74 Å². The third-order valence-electron chi connectivity index (χ3n) is 2.39. The summed E-state index contributed by atoms with van der Waals surface area (Å²) in [5.41, 5.74) is 0. The van der Waals surface area contributed by atoms with E-state index in [9.17, 15) is 8.42 Å². The lowest BCUT2D eigenvalue weighted by Gasteiger charge is -2.26. The van der Waals surface area contributed by atoms with Crippen LogP contribution in [0.4, 0.5) is 0 Å². The van der Waals surface area contributed by atoms with Crippen LogP contribution >= 0.6 is 32.4 Å². The molecule has 1 aliphatic heterocycles. The Labute approximate surface area is 127 Å². The highest BCUT2D eigenvalue weighted by atomic mass is 33.1. The Bertz CT molecular complexity index is 353. The minimum atomic E-state index is -2.90. The van der Waals surface area contributed by atoms with E-state index in [-0.39, 0.29) is 0 Å². The van der Waals surface area contributed by atoms with Gasteiger partial charge in [0.15, 0.2) is 8.87 Å². The van der Waals surface area contributed by atoms with Crippen molar-refractivity contribution in [2.45, 2.75) is 0 Å². The summed E-state index contributed by atoms with van der Waals surface area (Å²) in [6, 6.07) is 0. The summed E-state index contributed by atoms with van der Waals surface area (Å²) < 4.78 is 27.0. The fourth-order valence-corrected chi connectivity index (χ4v) is 4.74. The molecule has 1 heterocycles. The van der Waals surface area contributed by atoms with Crippen LogP contribution in [0.1, 0.15) is 0 Å². The van der Waals surface area contributed by atoms with E-state index in [1.54, 1.807) is 0 Å². The molecule has 0 aromatic carbocycles. The molecule has 0 bridgehead atoms. The van der Waals surface area contributed by atoms with Crippen molar-refractivity contribution in [3.8, 4) is 0 Å². The molecule has 0 saturated carbocycles. The lowest BCUT2D eigenvalue weighted by atomic mass is 10.4. The van der Waals surface area contributed by atoms with Gasteiger partial charge in [-0.3, -0.25) is 4.90 Å². The minimum absolute atomic E-state index is 0.540. The second-order valence-electron chi connectivity index (χ2n) is 4.02. The molecule has 0 spiro atoms. The predicted octanol–water partition coefficient (Wildman–Crippen LogP) is 1.95. The number of hydrogen-bond donors (Lipinski definition) is 0. The quantitative estimate of drug-likeness (QED) is 0.360. The second-order valence-corrected chi connectivity index (χ2v) is 11.1. The van der Waals surface area contributed by atoms with Crippen molar-refractivity contribution in [3.63, 3.8) is 0 Å². The van der Waals surface area contributed by atoms with Crippen LogP contribution in [-0.4, -0.2) is 69.7 Å². The number of nitrogens with zero attached hydrogens (tertiary/aromatic N) is 1. The molecule has 0 unspecified atom stereocenters. The van der Waals surface area contributed by atoms with E-state index in [4.69, 9.17) is 4.74 Å². The standard InChI is InChI=1S/C11H21NO3S4/c1-19(13,14)18-10-3-2-9-16-17-11-6-12-4-7-15-8-5-12/h2-3H,4-11H2,1H3/b3-2-. The zero-order valence-corrected chi connectivity index (χ0v) is 14.4. The van der Waals surface area contributed by atoms with Crippen molar-refractivity contribution < 1.29 is 13.2 Å². The van der Waals surface area contributed by atoms with E-state index in [0.717, 1.165) is 55.1 Å². The van der Waals surface area contributed by atoms with Gasteiger partial charge in [-0.2, -0.15) is 0 Å². The van der Waals surface area contributed by atoms with Gasteiger partial charge in [0.05, 0.1) is 13.2 Å². The lowest BCUT2D eigenvalue weighted by molar-refractivity contribution is 0.0410. The summed E-state index contributed by atoms with van der Waals surface area (Å²) in [7, 11) is 1.75. The molecule has 19 heavy (non-hydrogen) atoms. The normalized spacial score (nSPS) is 18.2. The first-order valence-corrected chi connectivity index (χ1v) is 12.0. The second kappa shape index (κ2) is 10.4. The summed E-state index contributed by atoms with van der Waals surface area (Å²) in [5, 5.41) is 0. The van der Waals surface area contributed by atoms with Gasteiger partial charge in [-0.15, -0.1) is 0 Å². The molecule has 0 atom stereocenters. The molecule has 8 heteroatoms. The fraction of sp³-hybridized carbons (Fsp3) is 0.818. The summed E-state index contributed by atoms with van der Waals surface area (Å²) in [5.74, 6) is 2.59. The predicted molar refractivity (Wildman–Crippen MR) is 88.6 cm³/mol. The molecule has 0 amide bonds. The summed E-state index contributed by atoms with van der Waals surface area (Å²) in [6.07, 6.45) is 5.19. The third kappa shape index (κ3) is 11.0. The largest absolute Gasteiger partial charge is 0.379 e. The summed E-state index contributed by atoms with van der Waals surface area (Å²) in [6.45, 7) is 4.94. The first kappa shape index (κ1) is 17.7. The highest BCUT2D eigenvalue weighted by Crippen LogP contribution is 2.21. The van der Waals surface area contributed by atoms with E-state index < -0.39 is 8.87 Å². The summed E-state index contributed by atoms with van der Waals surface area (Å²) in [4.78, 5) is 2.43. The van der Waals surface area contributed by atoms with Crippen LogP contribution in [0.25, 0.3) is 0 Å². The smallest absolute Gasteiger partial charge is 0.198 e. The maximum absolute atomic E-state index is 10.9. The Hall–Kier alpha value is 0.660. The van der Waals surface area contributed by atoms with Crippen molar-refractivity contribution in [1.82, 2.24) is 4.90 Å². The van der Waals surface area contributed by atoms with Gasteiger partial charge in [0, 0.05) is 43.1 Å². The van der Waals surface area contributed by atoms with Crippen LogP contribution in [0.5, 0.6) is 0 Å². The number of hydrogen-bond acceptors (Lipinski definition) is 7. The molecule has 1 saturated heterocycles. The van der Waals surface area contributed by atoms with Gasteiger partial charge in [-0.1, -0.05) is 33.7 Å².